The van der Waals surface area contributed by atoms with Gasteiger partial charge in [-0.2, -0.15) is 0 Å². The smallest absolute Gasteiger partial charge is 0.234 e. The number of amides is 1. The van der Waals surface area contributed by atoms with Gasteiger partial charge in [0.05, 0.1) is 6.54 Å². The number of nitrogens with one attached hydrogen (secondary N) is 1. The molecular weight excluding hydrogens is 264 g/mol. The van der Waals surface area contributed by atoms with Crippen LogP contribution in [0.3, 0.4) is 0 Å². The van der Waals surface area contributed by atoms with E-state index in [1.54, 1.807) is 0 Å². The van der Waals surface area contributed by atoms with Crippen LogP contribution in [0.4, 0.5) is 5.82 Å². The molecule has 0 saturated carbocycles. The fraction of sp³-hybridized carbons (Fsp3) is 0.625. The maximum atomic E-state index is 12.1. The molecule has 114 valence electrons. The van der Waals surface area contributed by atoms with Gasteiger partial charge >= 0.3 is 0 Å². The second-order valence-corrected chi connectivity index (χ2v) is 6.02. The average Bonchev–Trinajstić information content (AvgIpc) is 3.01. The van der Waals surface area contributed by atoms with E-state index in [2.05, 4.69) is 20.1 Å². The van der Waals surface area contributed by atoms with Gasteiger partial charge in [0.1, 0.15) is 5.82 Å². The van der Waals surface area contributed by atoms with E-state index in [4.69, 9.17) is 0 Å². The largest absolute Gasteiger partial charge is 0.355 e. The lowest BCUT2D eigenvalue weighted by molar-refractivity contribution is -0.122. The second-order valence-electron chi connectivity index (χ2n) is 6.02. The summed E-state index contributed by atoms with van der Waals surface area (Å²) in [4.78, 5) is 21.0. The molecule has 21 heavy (non-hydrogen) atoms. The van der Waals surface area contributed by atoms with Crippen molar-refractivity contribution in [3.8, 4) is 0 Å². The number of rotatable bonds is 4. The highest BCUT2D eigenvalue weighted by molar-refractivity contribution is 5.78. The molecule has 0 bridgehead atoms. The highest BCUT2D eigenvalue weighted by atomic mass is 16.2. The predicted octanol–water partition coefficient (Wildman–Crippen LogP) is 1.26. The highest BCUT2D eigenvalue weighted by Gasteiger charge is 2.23. The lowest BCUT2D eigenvalue weighted by atomic mass is 10.1. The van der Waals surface area contributed by atoms with Crippen LogP contribution in [-0.4, -0.2) is 54.6 Å². The molecule has 0 aromatic carbocycles. The van der Waals surface area contributed by atoms with Crippen molar-refractivity contribution in [2.75, 3.05) is 37.6 Å². The minimum absolute atomic E-state index is 0.171. The molecule has 2 fully saturated rings. The molecule has 3 rings (SSSR count). The van der Waals surface area contributed by atoms with Gasteiger partial charge in [-0.15, -0.1) is 0 Å². The first-order valence-corrected chi connectivity index (χ1v) is 7.99. The molecule has 1 amide bonds. The van der Waals surface area contributed by atoms with E-state index in [1.807, 2.05) is 24.4 Å². The fourth-order valence-corrected chi connectivity index (χ4v) is 3.26. The second kappa shape index (κ2) is 6.89. The third-order valence-electron chi connectivity index (χ3n) is 4.33. The quantitative estimate of drug-likeness (QED) is 0.906. The third kappa shape index (κ3) is 3.94. The number of hydrogen-bond acceptors (Lipinski definition) is 4. The number of hydrogen-bond donors (Lipinski definition) is 1. The zero-order chi connectivity index (χ0) is 14.5. The topological polar surface area (TPSA) is 48.5 Å². The SMILES string of the molecule is O=C(CN1CCCC1)N[C@@H]1CCCN(c2ccccn2)C1. The van der Waals surface area contributed by atoms with Crippen LogP contribution < -0.4 is 10.2 Å². The molecule has 2 saturated heterocycles. The van der Waals surface area contributed by atoms with Crippen molar-refractivity contribution >= 4 is 11.7 Å². The maximum absolute atomic E-state index is 12.1. The first-order valence-electron chi connectivity index (χ1n) is 7.99. The van der Waals surface area contributed by atoms with E-state index >= 15 is 0 Å². The van der Waals surface area contributed by atoms with Crippen molar-refractivity contribution in [3.05, 3.63) is 24.4 Å². The van der Waals surface area contributed by atoms with Crippen molar-refractivity contribution in [1.82, 2.24) is 15.2 Å². The minimum atomic E-state index is 0.171. The summed E-state index contributed by atoms with van der Waals surface area (Å²) in [6.07, 6.45) is 6.44. The van der Waals surface area contributed by atoms with Gasteiger partial charge in [-0.3, -0.25) is 9.69 Å². The average molecular weight is 288 g/mol. The summed E-state index contributed by atoms with van der Waals surface area (Å²) in [7, 11) is 0. The molecule has 3 heterocycles. The van der Waals surface area contributed by atoms with Crippen LogP contribution in [0.15, 0.2) is 24.4 Å². The number of carbonyl (C=O) groups excluding carboxylic acids is 1. The maximum Gasteiger partial charge on any atom is 0.234 e. The van der Waals surface area contributed by atoms with Crippen LogP contribution in [0.2, 0.25) is 0 Å². The molecule has 1 N–H and O–H groups in total. The lowest BCUT2D eigenvalue weighted by Gasteiger charge is -2.34. The van der Waals surface area contributed by atoms with Crippen molar-refractivity contribution < 1.29 is 4.79 Å². The Balaban J connectivity index is 1.50. The van der Waals surface area contributed by atoms with Gasteiger partial charge < -0.3 is 10.2 Å². The Bertz CT molecular complexity index is 459. The normalized spacial score (nSPS) is 23.2. The minimum Gasteiger partial charge on any atom is -0.355 e. The standard InChI is InChI=1S/C16H24N4O/c21-16(13-19-9-3-4-10-19)18-14-6-5-11-20(12-14)15-7-1-2-8-17-15/h1-2,7-8,14H,3-6,9-13H2,(H,18,21)/t14-/m1/s1. The van der Waals surface area contributed by atoms with Crippen LogP contribution in [0, 0.1) is 0 Å². The molecule has 1 aromatic rings. The summed E-state index contributed by atoms with van der Waals surface area (Å²) in [6.45, 7) is 4.58. The highest BCUT2D eigenvalue weighted by Crippen LogP contribution is 2.17. The van der Waals surface area contributed by atoms with Crippen LogP contribution in [0.5, 0.6) is 0 Å². The summed E-state index contributed by atoms with van der Waals surface area (Å²) in [6, 6.07) is 6.23. The van der Waals surface area contributed by atoms with Crippen LogP contribution in [-0.2, 0) is 4.79 Å². The van der Waals surface area contributed by atoms with Crippen molar-refractivity contribution in [2.24, 2.45) is 0 Å². The summed E-state index contributed by atoms with van der Waals surface area (Å²) in [5.74, 6) is 1.18. The van der Waals surface area contributed by atoms with E-state index in [0.717, 1.165) is 44.8 Å². The van der Waals surface area contributed by atoms with Gasteiger partial charge in [0.15, 0.2) is 0 Å². The number of carbonyl (C=O) groups is 1. The van der Waals surface area contributed by atoms with Crippen LogP contribution in [0.25, 0.3) is 0 Å². The molecule has 0 unspecified atom stereocenters. The Kier molecular flexibility index (Phi) is 4.70. The number of pyridine rings is 1. The summed E-state index contributed by atoms with van der Waals surface area (Å²) < 4.78 is 0. The number of likely N-dealkylation sites (tertiary alicyclic amines) is 1. The molecular formula is C16H24N4O. The summed E-state index contributed by atoms with van der Waals surface area (Å²) in [5.41, 5.74) is 0. The number of anilines is 1. The number of nitrogens with zero attached hydrogens (tertiary/aromatic N) is 3. The molecule has 5 nitrogen and oxygen atoms in total. The molecule has 2 aliphatic rings. The molecule has 1 aromatic heterocycles. The first kappa shape index (κ1) is 14.3. The number of aromatic nitrogens is 1. The lowest BCUT2D eigenvalue weighted by Crippen LogP contribution is -2.50. The van der Waals surface area contributed by atoms with Crippen LogP contribution in [0.1, 0.15) is 25.7 Å². The van der Waals surface area contributed by atoms with Crippen LogP contribution >= 0.6 is 0 Å². The van der Waals surface area contributed by atoms with Gasteiger partial charge in [-0.1, -0.05) is 6.07 Å². The van der Waals surface area contributed by atoms with Gasteiger partial charge in [0.2, 0.25) is 5.91 Å². The third-order valence-corrected chi connectivity index (χ3v) is 4.33. The Hall–Kier alpha value is -1.62. The Morgan fingerprint density at radius 2 is 2.10 bits per heavy atom. The Labute approximate surface area is 126 Å². The predicted molar refractivity (Wildman–Crippen MR) is 83.3 cm³/mol. The molecule has 2 aliphatic heterocycles. The zero-order valence-corrected chi connectivity index (χ0v) is 12.5. The molecule has 0 radical (unpaired) electrons. The van der Waals surface area contributed by atoms with E-state index < -0.39 is 0 Å². The molecule has 0 aliphatic carbocycles. The monoisotopic (exact) mass is 288 g/mol. The Morgan fingerprint density at radius 1 is 1.24 bits per heavy atom. The van der Waals surface area contributed by atoms with Gasteiger partial charge in [0, 0.05) is 25.3 Å². The van der Waals surface area contributed by atoms with E-state index in [-0.39, 0.29) is 11.9 Å². The summed E-state index contributed by atoms with van der Waals surface area (Å²) in [5, 5.41) is 3.20. The first-order chi connectivity index (χ1) is 10.3. The summed E-state index contributed by atoms with van der Waals surface area (Å²) >= 11 is 0. The molecule has 5 heteroatoms. The van der Waals surface area contributed by atoms with E-state index in [0.29, 0.717) is 6.54 Å². The number of piperidine rings is 1. The molecule has 1 atom stereocenters. The Morgan fingerprint density at radius 3 is 2.86 bits per heavy atom. The van der Waals surface area contributed by atoms with Gasteiger partial charge in [-0.25, -0.2) is 4.98 Å². The molecule has 0 spiro atoms. The van der Waals surface area contributed by atoms with Gasteiger partial charge in [-0.05, 0) is 50.9 Å². The zero-order valence-electron chi connectivity index (χ0n) is 12.5. The van der Waals surface area contributed by atoms with Crippen molar-refractivity contribution in [3.63, 3.8) is 0 Å². The van der Waals surface area contributed by atoms with E-state index in [1.165, 1.54) is 12.8 Å². The van der Waals surface area contributed by atoms with E-state index in [9.17, 15) is 4.79 Å². The van der Waals surface area contributed by atoms with Crippen molar-refractivity contribution in [1.29, 1.82) is 0 Å². The fourth-order valence-electron chi connectivity index (χ4n) is 3.26. The van der Waals surface area contributed by atoms with Crippen molar-refractivity contribution in [2.45, 2.75) is 31.7 Å². The van der Waals surface area contributed by atoms with Gasteiger partial charge in [0.25, 0.3) is 0 Å².